The lowest BCUT2D eigenvalue weighted by Gasteiger charge is -2.16. The maximum Gasteiger partial charge on any atom is 0.248 e. The second-order valence-corrected chi connectivity index (χ2v) is 5.61. The Morgan fingerprint density at radius 2 is 1.75 bits per heavy atom. The van der Waals surface area contributed by atoms with Crippen molar-refractivity contribution in [1.29, 1.82) is 0 Å². The highest BCUT2D eigenvalue weighted by molar-refractivity contribution is 5.94. The summed E-state index contributed by atoms with van der Waals surface area (Å²) in [6, 6.07) is 15.1. The van der Waals surface area contributed by atoms with E-state index in [0.717, 1.165) is 36.6 Å². The highest BCUT2D eigenvalue weighted by Gasteiger charge is 2.04. The number of amides is 1. The third-order valence-corrected chi connectivity index (χ3v) is 3.75. The van der Waals surface area contributed by atoms with E-state index in [9.17, 15) is 4.79 Å². The molecule has 0 saturated carbocycles. The van der Waals surface area contributed by atoms with Crippen molar-refractivity contribution in [3.8, 4) is 16.9 Å². The Labute approximate surface area is 143 Å². The number of ether oxygens (including phenoxy) is 2. The lowest BCUT2D eigenvalue weighted by Crippen LogP contribution is -2.27. The van der Waals surface area contributed by atoms with E-state index in [0.29, 0.717) is 12.2 Å². The number of nitrogens with two attached hydrogens (primary N) is 1. The molecule has 0 saturated heterocycles. The van der Waals surface area contributed by atoms with Crippen LogP contribution in [0, 0.1) is 0 Å². The zero-order chi connectivity index (χ0) is 17.4. The molecule has 24 heavy (non-hydrogen) atoms. The molecule has 0 fully saturated rings. The third-order valence-electron chi connectivity index (χ3n) is 3.75. The van der Waals surface area contributed by atoms with E-state index < -0.39 is 5.91 Å². The molecule has 1 amide bonds. The maximum atomic E-state index is 11.3. The number of likely N-dealkylation sites (N-methyl/N-ethyl adjacent to an activating group) is 1. The minimum atomic E-state index is -0.422. The third kappa shape index (κ3) is 5.37. The highest BCUT2D eigenvalue weighted by atomic mass is 16.5. The molecule has 0 aliphatic heterocycles. The first-order valence-electron chi connectivity index (χ1n) is 7.90. The second kappa shape index (κ2) is 9.05. The summed E-state index contributed by atoms with van der Waals surface area (Å²) in [5.74, 6) is 0.402. The summed E-state index contributed by atoms with van der Waals surface area (Å²) >= 11 is 0. The standard InChI is InChI=1S/C19H24N2O3/c1-21(10-12-23-2)11-13-24-18-8-6-15(7-9-18)16-4-3-5-17(14-16)19(20)22/h3-9,14H,10-13H2,1-2H3,(H2,20,22). The van der Waals surface area contributed by atoms with Gasteiger partial charge in [-0.3, -0.25) is 4.79 Å². The van der Waals surface area contributed by atoms with Crippen LogP contribution in [0.25, 0.3) is 11.1 Å². The number of carbonyl (C=O) groups excluding carboxylic acids is 1. The van der Waals surface area contributed by atoms with Gasteiger partial charge >= 0.3 is 0 Å². The number of nitrogens with zero attached hydrogens (tertiary/aromatic N) is 1. The van der Waals surface area contributed by atoms with Crippen LogP contribution in [-0.4, -0.2) is 51.3 Å². The average molecular weight is 328 g/mol. The first-order chi connectivity index (χ1) is 11.6. The Kier molecular flexibility index (Phi) is 6.78. The molecule has 0 radical (unpaired) electrons. The first kappa shape index (κ1) is 18.0. The number of benzene rings is 2. The fourth-order valence-corrected chi connectivity index (χ4v) is 2.27. The summed E-state index contributed by atoms with van der Waals surface area (Å²) in [7, 11) is 3.74. The van der Waals surface area contributed by atoms with Crippen molar-refractivity contribution < 1.29 is 14.3 Å². The second-order valence-electron chi connectivity index (χ2n) is 5.61. The lowest BCUT2D eigenvalue weighted by atomic mass is 10.0. The molecule has 2 rings (SSSR count). The number of carbonyl (C=O) groups is 1. The summed E-state index contributed by atoms with van der Waals surface area (Å²) < 4.78 is 10.8. The Morgan fingerprint density at radius 1 is 1.04 bits per heavy atom. The lowest BCUT2D eigenvalue weighted by molar-refractivity contribution is 0.100. The van der Waals surface area contributed by atoms with Gasteiger partial charge in [0.15, 0.2) is 0 Å². The van der Waals surface area contributed by atoms with Gasteiger partial charge in [0.2, 0.25) is 5.91 Å². The molecule has 0 bridgehead atoms. The van der Waals surface area contributed by atoms with Gasteiger partial charge < -0.3 is 20.1 Å². The minimum absolute atomic E-state index is 0.422. The zero-order valence-corrected chi connectivity index (χ0v) is 14.2. The van der Waals surface area contributed by atoms with Crippen molar-refractivity contribution in [2.24, 2.45) is 5.73 Å². The average Bonchev–Trinajstić information content (AvgIpc) is 2.60. The van der Waals surface area contributed by atoms with Gasteiger partial charge in [0.25, 0.3) is 0 Å². The van der Waals surface area contributed by atoms with Crippen LogP contribution in [0.2, 0.25) is 0 Å². The molecular formula is C19H24N2O3. The fraction of sp³-hybridized carbons (Fsp3) is 0.316. The van der Waals surface area contributed by atoms with E-state index in [1.807, 2.05) is 43.4 Å². The molecule has 0 unspecified atom stereocenters. The molecule has 5 heteroatoms. The summed E-state index contributed by atoms with van der Waals surface area (Å²) in [5.41, 5.74) is 7.80. The van der Waals surface area contributed by atoms with Crippen LogP contribution < -0.4 is 10.5 Å². The SMILES string of the molecule is COCCN(C)CCOc1ccc(-c2cccc(C(N)=O)c2)cc1. The molecule has 128 valence electrons. The Balaban J connectivity index is 1.91. The molecule has 0 atom stereocenters. The van der Waals surface area contributed by atoms with Crippen molar-refractivity contribution in [1.82, 2.24) is 4.90 Å². The quantitative estimate of drug-likeness (QED) is 0.768. The van der Waals surface area contributed by atoms with Gasteiger partial charge in [-0.1, -0.05) is 24.3 Å². The molecule has 5 nitrogen and oxygen atoms in total. The number of rotatable bonds is 9. The molecule has 2 aromatic rings. The minimum Gasteiger partial charge on any atom is -0.492 e. The molecule has 0 aliphatic rings. The zero-order valence-electron chi connectivity index (χ0n) is 14.2. The van der Waals surface area contributed by atoms with Gasteiger partial charge in [0.1, 0.15) is 12.4 Å². The first-order valence-corrected chi connectivity index (χ1v) is 7.90. The predicted molar refractivity (Wildman–Crippen MR) is 95.3 cm³/mol. The monoisotopic (exact) mass is 328 g/mol. The summed E-state index contributed by atoms with van der Waals surface area (Å²) in [4.78, 5) is 13.4. The topological polar surface area (TPSA) is 64.8 Å². The van der Waals surface area contributed by atoms with Crippen molar-refractivity contribution >= 4 is 5.91 Å². The van der Waals surface area contributed by atoms with Crippen molar-refractivity contribution in [3.05, 3.63) is 54.1 Å². The van der Waals surface area contributed by atoms with Crippen LogP contribution in [0.15, 0.2) is 48.5 Å². The largest absolute Gasteiger partial charge is 0.492 e. The Hall–Kier alpha value is -2.37. The van der Waals surface area contributed by atoms with Crippen LogP contribution in [-0.2, 0) is 4.74 Å². The van der Waals surface area contributed by atoms with Crippen molar-refractivity contribution in [3.63, 3.8) is 0 Å². The van der Waals surface area contributed by atoms with Crippen molar-refractivity contribution in [2.45, 2.75) is 0 Å². The van der Waals surface area contributed by atoms with Gasteiger partial charge in [-0.25, -0.2) is 0 Å². The van der Waals surface area contributed by atoms with Crippen LogP contribution in [0.3, 0.4) is 0 Å². The van der Waals surface area contributed by atoms with E-state index in [-0.39, 0.29) is 0 Å². The van der Waals surface area contributed by atoms with E-state index in [1.165, 1.54) is 0 Å². The van der Waals surface area contributed by atoms with E-state index in [1.54, 1.807) is 19.2 Å². The Bertz CT molecular complexity index is 656. The molecule has 2 aromatic carbocycles. The summed E-state index contributed by atoms with van der Waals surface area (Å²) in [6.45, 7) is 3.06. The number of methoxy groups -OCH3 is 1. The van der Waals surface area contributed by atoms with Crippen LogP contribution in [0.5, 0.6) is 5.75 Å². The van der Waals surface area contributed by atoms with Gasteiger partial charge in [-0.2, -0.15) is 0 Å². The molecule has 0 heterocycles. The molecular weight excluding hydrogens is 304 g/mol. The van der Waals surface area contributed by atoms with Crippen LogP contribution in [0.4, 0.5) is 0 Å². The van der Waals surface area contributed by atoms with E-state index in [4.69, 9.17) is 15.2 Å². The summed E-state index contributed by atoms with van der Waals surface area (Å²) in [6.07, 6.45) is 0. The van der Waals surface area contributed by atoms with Gasteiger partial charge in [-0.15, -0.1) is 0 Å². The Morgan fingerprint density at radius 3 is 2.42 bits per heavy atom. The maximum absolute atomic E-state index is 11.3. The number of hydrogen-bond donors (Lipinski definition) is 1. The van der Waals surface area contributed by atoms with Crippen molar-refractivity contribution in [2.75, 3.05) is 40.5 Å². The predicted octanol–water partition coefficient (Wildman–Crippen LogP) is 2.41. The highest BCUT2D eigenvalue weighted by Crippen LogP contribution is 2.23. The smallest absolute Gasteiger partial charge is 0.248 e. The van der Waals surface area contributed by atoms with Gasteiger partial charge in [0.05, 0.1) is 6.61 Å². The molecule has 2 N–H and O–H groups in total. The fourth-order valence-electron chi connectivity index (χ4n) is 2.27. The normalized spacial score (nSPS) is 10.8. The number of primary amides is 1. The number of hydrogen-bond acceptors (Lipinski definition) is 4. The van der Waals surface area contributed by atoms with E-state index in [2.05, 4.69) is 4.90 Å². The van der Waals surface area contributed by atoms with Crippen LogP contribution >= 0.6 is 0 Å². The van der Waals surface area contributed by atoms with E-state index >= 15 is 0 Å². The van der Waals surface area contributed by atoms with Crippen LogP contribution in [0.1, 0.15) is 10.4 Å². The molecule has 0 spiro atoms. The molecule has 0 aromatic heterocycles. The van der Waals surface area contributed by atoms with Gasteiger partial charge in [0, 0.05) is 25.8 Å². The summed E-state index contributed by atoms with van der Waals surface area (Å²) in [5, 5.41) is 0. The molecule has 0 aliphatic carbocycles. The van der Waals surface area contributed by atoms with Gasteiger partial charge in [-0.05, 0) is 42.4 Å².